The van der Waals surface area contributed by atoms with Gasteiger partial charge in [0.2, 0.25) is 0 Å². The highest BCUT2D eigenvalue weighted by molar-refractivity contribution is 4.98. The third-order valence-corrected chi connectivity index (χ3v) is 2.60. The van der Waals surface area contributed by atoms with Gasteiger partial charge in [0, 0.05) is 18.3 Å². The Morgan fingerprint density at radius 3 is 2.79 bits per heavy atom. The van der Waals surface area contributed by atoms with E-state index < -0.39 is 0 Å². The minimum absolute atomic E-state index is 0.113. The number of hydrogen-bond donors (Lipinski definition) is 1. The Morgan fingerprint density at radius 1 is 1.36 bits per heavy atom. The molecular formula is C10H13FN2O. The molecule has 0 saturated carbocycles. The molecule has 0 aliphatic carbocycles. The molecule has 1 N–H and O–H groups in total. The molecule has 1 saturated heterocycles. The number of rotatable bonds is 1. The number of hydrogen-bond acceptors (Lipinski definition) is 2. The summed E-state index contributed by atoms with van der Waals surface area (Å²) in [4.78, 5) is 11.4. The molecule has 0 atom stereocenters. The van der Waals surface area contributed by atoms with Crippen molar-refractivity contribution in [1.82, 2.24) is 9.88 Å². The van der Waals surface area contributed by atoms with Crippen LogP contribution in [0.25, 0.3) is 0 Å². The molecule has 4 heteroatoms. The quantitative estimate of drug-likeness (QED) is 0.724. The first-order valence-corrected chi connectivity index (χ1v) is 4.86. The van der Waals surface area contributed by atoms with Crippen molar-refractivity contribution in [3.05, 3.63) is 34.5 Å². The zero-order chi connectivity index (χ0) is 9.97. The maximum Gasteiger partial charge on any atom is 0.250 e. The van der Waals surface area contributed by atoms with E-state index in [0.29, 0.717) is 0 Å². The Morgan fingerprint density at radius 2 is 2.07 bits per heavy atom. The van der Waals surface area contributed by atoms with Gasteiger partial charge in [-0.1, -0.05) is 0 Å². The topological polar surface area (TPSA) is 34.0 Å². The van der Waals surface area contributed by atoms with E-state index >= 15 is 0 Å². The van der Waals surface area contributed by atoms with Crippen molar-refractivity contribution in [2.75, 3.05) is 13.1 Å². The van der Waals surface area contributed by atoms with Crippen LogP contribution in [0.15, 0.2) is 23.1 Å². The summed E-state index contributed by atoms with van der Waals surface area (Å²) >= 11 is 0. The first-order valence-electron chi connectivity index (χ1n) is 4.86. The predicted octanol–water partition coefficient (Wildman–Crippen LogP) is 0.912. The van der Waals surface area contributed by atoms with E-state index in [1.54, 1.807) is 0 Å². The Hall–Kier alpha value is -1.16. The molecule has 3 nitrogen and oxygen atoms in total. The smallest absolute Gasteiger partial charge is 0.250 e. The van der Waals surface area contributed by atoms with Crippen molar-refractivity contribution in [1.29, 1.82) is 0 Å². The molecule has 0 bridgehead atoms. The SMILES string of the molecule is O=c1ccc(F)cn1C1CCNCC1. The van der Waals surface area contributed by atoms with E-state index in [0.717, 1.165) is 25.9 Å². The predicted molar refractivity (Wildman–Crippen MR) is 51.8 cm³/mol. The van der Waals surface area contributed by atoms with Crippen molar-refractivity contribution in [2.24, 2.45) is 0 Å². The molecule has 76 valence electrons. The molecule has 1 aromatic heterocycles. The van der Waals surface area contributed by atoms with Gasteiger partial charge in [-0.25, -0.2) is 4.39 Å². The van der Waals surface area contributed by atoms with Crippen LogP contribution in [0.4, 0.5) is 4.39 Å². The maximum atomic E-state index is 12.9. The molecule has 0 spiro atoms. The summed E-state index contributed by atoms with van der Waals surface area (Å²) in [6, 6.07) is 2.65. The molecule has 14 heavy (non-hydrogen) atoms. The highest BCUT2D eigenvalue weighted by Gasteiger charge is 2.15. The van der Waals surface area contributed by atoms with Gasteiger partial charge in [0.25, 0.3) is 5.56 Å². The fourth-order valence-corrected chi connectivity index (χ4v) is 1.85. The maximum absolute atomic E-state index is 12.9. The summed E-state index contributed by atoms with van der Waals surface area (Å²) in [7, 11) is 0. The zero-order valence-electron chi connectivity index (χ0n) is 7.87. The third-order valence-electron chi connectivity index (χ3n) is 2.60. The van der Waals surface area contributed by atoms with Gasteiger partial charge in [0.1, 0.15) is 5.82 Å². The Kier molecular flexibility index (Phi) is 2.63. The van der Waals surface area contributed by atoms with Crippen molar-refractivity contribution >= 4 is 0 Å². The van der Waals surface area contributed by atoms with Crippen molar-refractivity contribution in [3.63, 3.8) is 0 Å². The Balaban J connectivity index is 2.29. The fourth-order valence-electron chi connectivity index (χ4n) is 1.85. The molecule has 0 amide bonds. The van der Waals surface area contributed by atoms with Crippen molar-refractivity contribution < 1.29 is 4.39 Å². The largest absolute Gasteiger partial charge is 0.317 e. The number of aromatic nitrogens is 1. The normalized spacial score (nSPS) is 18.4. The van der Waals surface area contributed by atoms with Crippen LogP contribution in [0.3, 0.4) is 0 Å². The summed E-state index contributed by atoms with van der Waals surface area (Å²) in [5.74, 6) is -0.344. The first kappa shape index (κ1) is 9.40. The van der Waals surface area contributed by atoms with Crippen LogP contribution in [-0.4, -0.2) is 17.7 Å². The number of nitrogens with one attached hydrogen (secondary N) is 1. The lowest BCUT2D eigenvalue weighted by molar-refractivity contribution is 0.356. The third kappa shape index (κ3) is 1.85. The van der Waals surface area contributed by atoms with Crippen molar-refractivity contribution in [2.45, 2.75) is 18.9 Å². The van der Waals surface area contributed by atoms with Crippen LogP contribution in [-0.2, 0) is 0 Å². The van der Waals surface area contributed by atoms with E-state index in [9.17, 15) is 9.18 Å². The monoisotopic (exact) mass is 196 g/mol. The minimum atomic E-state index is -0.344. The van der Waals surface area contributed by atoms with Gasteiger partial charge in [-0.15, -0.1) is 0 Å². The molecule has 0 unspecified atom stereocenters. The van der Waals surface area contributed by atoms with Gasteiger partial charge in [0.15, 0.2) is 0 Å². The van der Waals surface area contributed by atoms with Gasteiger partial charge in [0.05, 0.1) is 0 Å². The van der Waals surface area contributed by atoms with E-state index in [1.165, 1.54) is 22.9 Å². The number of piperidine rings is 1. The number of nitrogens with zero attached hydrogens (tertiary/aromatic N) is 1. The second-order valence-corrected chi connectivity index (χ2v) is 3.57. The van der Waals surface area contributed by atoms with Gasteiger partial charge in [-0.2, -0.15) is 0 Å². The molecule has 1 aliphatic rings. The second kappa shape index (κ2) is 3.92. The van der Waals surface area contributed by atoms with E-state index in [-0.39, 0.29) is 17.4 Å². The van der Waals surface area contributed by atoms with Gasteiger partial charge in [-0.3, -0.25) is 4.79 Å². The molecule has 1 aromatic rings. The summed E-state index contributed by atoms with van der Waals surface area (Å²) in [6.07, 6.45) is 3.09. The highest BCUT2D eigenvalue weighted by Crippen LogP contribution is 2.16. The average molecular weight is 196 g/mol. The molecule has 2 rings (SSSR count). The van der Waals surface area contributed by atoms with Crippen LogP contribution in [0.1, 0.15) is 18.9 Å². The first-order chi connectivity index (χ1) is 6.77. The Labute approximate surface area is 81.6 Å². The summed E-state index contributed by atoms with van der Waals surface area (Å²) < 4.78 is 14.4. The lowest BCUT2D eigenvalue weighted by Crippen LogP contribution is -2.33. The van der Waals surface area contributed by atoms with Crippen LogP contribution in [0.2, 0.25) is 0 Å². The average Bonchev–Trinajstić information content (AvgIpc) is 2.23. The number of pyridine rings is 1. The van der Waals surface area contributed by atoms with Crippen LogP contribution in [0, 0.1) is 5.82 Å². The molecule has 0 aromatic carbocycles. The summed E-state index contributed by atoms with van der Waals surface area (Å²) in [6.45, 7) is 1.79. The standard InChI is InChI=1S/C10H13FN2O/c11-8-1-2-10(14)13(7-8)9-3-5-12-6-4-9/h1-2,7,9,12H,3-6H2. The van der Waals surface area contributed by atoms with E-state index in [4.69, 9.17) is 0 Å². The van der Waals surface area contributed by atoms with Gasteiger partial charge < -0.3 is 9.88 Å². The molecule has 1 aliphatic heterocycles. The highest BCUT2D eigenvalue weighted by atomic mass is 19.1. The molecule has 1 fully saturated rings. The van der Waals surface area contributed by atoms with E-state index in [2.05, 4.69) is 5.32 Å². The zero-order valence-corrected chi connectivity index (χ0v) is 7.87. The molecule has 2 heterocycles. The van der Waals surface area contributed by atoms with Crippen molar-refractivity contribution in [3.8, 4) is 0 Å². The number of halogens is 1. The lowest BCUT2D eigenvalue weighted by atomic mass is 10.1. The summed E-state index contributed by atoms with van der Waals surface area (Å²) in [5.41, 5.74) is -0.113. The molecular weight excluding hydrogens is 183 g/mol. The minimum Gasteiger partial charge on any atom is -0.317 e. The van der Waals surface area contributed by atoms with Gasteiger partial charge in [-0.05, 0) is 32.0 Å². The van der Waals surface area contributed by atoms with Crippen LogP contribution < -0.4 is 10.9 Å². The van der Waals surface area contributed by atoms with Gasteiger partial charge >= 0.3 is 0 Å². The Bertz CT molecular complexity index is 369. The second-order valence-electron chi connectivity index (χ2n) is 3.57. The molecule has 0 radical (unpaired) electrons. The fraction of sp³-hybridized carbons (Fsp3) is 0.500. The van der Waals surface area contributed by atoms with Crippen LogP contribution >= 0.6 is 0 Å². The summed E-state index contributed by atoms with van der Waals surface area (Å²) in [5, 5.41) is 3.21. The van der Waals surface area contributed by atoms with E-state index in [1.807, 2.05) is 0 Å². The lowest BCUT2D eigenvalue weighted by Gasteiger charge is -2.24. The van der Waals surface area contributed by atoms with Crippen LogP contribution in [0.5, 0.6) is 0 Å².